The second kappa shape index (κ2) is 6.18. The molecule has 0 unspecified atom stereocenters. The number of rotatable bonds is 4. The molecule has 0 aliphatic rings. The van der Waals surface area contributed by atoms with E-state index in [0.717, 1.165) is 11.3 Å². The molecule has 0 saturated heterocycles. The molecule has 1 aromatic heterocycles. The van der Waals surface area contributed by atoms with E-state index in [9.17, 15) is 4.39 Å². The van der Waals surface area contributed by atoms with E-state index < -0.39 is 0 Å². The zero-order valence-corrected chi connectivity index (χ0v) is 12.8. The Kier molecular flexibility index (Phi) is 4.53. The fourth-order valence-electron chi connectivity index (χ4n) is 1.68. The van der Waals surface area contributed by atoms with Crippen LogP contribution in [0.15, 0.2) is 30.6 Å². The van der Waals surface area contributed by atoms with Crippen LogP contribution in [0.25, 0.3) is 0 Å². The van der Waals surface area contributed by atoms with E-state index in [-0.39, 0.29) is 11.4 Å². The number of hydrogen-bond acceptors (Lipinski definition) is 4. The summed E-state index contributed by atoms with van der Waals surface area (Å²) in [4.78, 5) is 8.52. The average molecular weight is 289 g/mol. The van der Waals surface area contributed by atoms with Crippen LogP contribution in [0, 0.1) is 12.7 Å². The van der Waals surface area contributed by atoms with Gasteiger partial charge < -0.3 is 10.1 Å². The molecule has 0 spiro atoms. The van der Waals surface area contributed by atoms with E-state index in [1.165, 1.54) is 12.1 Å². The summed E-state index contributed by atoms with van der Waals surface area (Å²) in [5.41, 5.74) is 1.59. The second-order valence-corrected chi connectivity index (χ2v) is 5.96. The van der Waals surface area contributed by atoms with E-state index in [1.54, 1.807) is 25.4 Å². The molecule has 1 N–H and O–H groups in total. The molecule has 0 aliphatic heterocycles. The summed E-state index contributed by atoms with van der Waals surface area (Å²) in [6.07, 6.45) is 3.25. The lowest BCUT2D eigenvalue weighted by Gasteiger charge is -2.19. The van der Waals surface area contributed by atoms with Gasteiger partial charge in [0.25, 0.3) is 0 Å². The van der Waals surface area contributed by atoms with Gasteiger partial charge in [-0.1, -0.05) is 0 Å². The minimum Gasteiger partial charge on any atom is -0.437 e. The van der Waals surface area contributed by atoms with Crippen LogP contribution < -0.4 is 10.1 Å². The predicted molar refractivity (Wildman–Crippen MR) is 79.8 cm³/mol. The Hall–Kier alpha value is -2.01. The van der Waals surface area contributed by atoms with E-state index >= 15 is 0 Å². The van der Waals surface area contributed by atoms with Gasteiger partial charge in [0.2, 0.25) is 5.88 Å². The van der Waals surface area contributed by atoms with Gasteiger partial charge in [0.1, 0.15) is 11.6 Å². The average Bonchev–Trinajstić information content (AvgIpc) is 2.40. The highest BCUT2D eigenvalue weighted by atomic mass is 19.1. The van der Waals surface area contributed by atoms with Crippen LogP contribution in [0.5, 0.6) is 11.6 Å². The van der Waals surface area contributed by atoms with E-state index in [0.29, 0.717) is 18.2 Å². The van der Waals surface area contributed by atoms with Gasteiger partial charge in [0.05, 0.1) is 18.1 Å². The molecule has 112 valence electrons. The summed E-state index contributed by atoms with van der Waals surface area (Å²) in [5.74, 6) is 0.685. The minimum atomic E-state index is -0.283. The van der Waals surface area contributed by atoms with Crippen molar-refractivity contribution in [3.05, 3.63) is 47.7 Å². The highest BCUT2D eigenvalue weighted by molar-refractivity contribution is 5.35. The fourth-order valence-corrected chi connectivity index (χ4v) is 1.68. The van der Waals surface area contributed by atoms with E-state index in [2.05, 4.69) is 36.1 Å². The Morgan fingerprint density at radius 1 is 1.19 bits per heavy atom. The third-order valence-corrected chi connectivity index (χ3v) is 2.83. The lowest BCUT2D eigenvalue weighted by atomic mass is 10.1. The topological polar surface area (TPSA) is 47.0 Å². The standard InChI is InChI=1S/C16H20FN3O/c1-11-7-12(17)5-6-14(11)21-15-10-18-13(8-19-15)9-20-16(2,3)4/h5-8,10,20H,9H2,1-4H3. The summed E-state index contributed by atoms with van der Waals surface area (Å²) < 4.78 is 18.6. The van der Waals surface area contributed by atoms with Gasteiger partial charge in [-0.3, -0.25) is 4.98 Å². The Morgan fingerprint density at radius 2 is 1.95 bits per heavy atom. The second-order valence-electron chi connectivity index (χ2n) is 5.96. The molecular formula is C16H20FN3O. The summed E-state index contributed by atoms with van der Waals surface area (Å²) in [7, 11) is 0. The molecule has 5 heteroatoms. The van der Waals surface area contributed by atoms with Crippen LogP contribution in [0.3, 0.4) is 0 Å². The highest BCUT2D eigenvalue weighted by Gasteiger charge is 2.09. The third kappa shape index (κ3) is 4.79. The number of ether oxygens (including phenoxy) is 1. The molecule has 0 bridgehead atoms. The molecule has 2 rings (SSSR count). The Balaban J connectivity index is 2.02. The lowest BCUT2D eigenvalue weighted by molar-refractivity contribution is 0.418. The number of nitrogens with zero attached hydrogens (tertiary/aromatic N) is 2. The molecule has 1 aromatic carbocycles. The first kappa shape index (κ1) is 15.4. The molecule has 0 saturated carbocycles. The maximum atomic E-state index is 13.0. The van der Waals surface area contributed by atoms with Crippen molar-refractivity contribution in [3.8, 4) is 11.6 Å². The number of halogens is 1. The quantitative estimate of drug-likeness (QED) is 0.934. The third-order valence-electron chi connectivity index (χ3n) is 2.83. The van der Waals surface area contributed by atoms with Gasteiger partial charge in [-0.2, -0.15) is 0 Å². The Bertz CT molecular complexity index is 606. The maximum absolute atomic E-state index is 13.0. The smallest absolute Gasteiger partial charge is 0.237 e. The Morgan fingerprint density at radius 3 is 2.52 bits per heavy atom. The van der Waals surface area contributed by atoms with Crippen molar-refractivity contribution in [1.82, 2.24) is 15.3 Å². The van der Waals surface area contributed by atoms with E-state index in [1.807, 2.05) is 0 Å². The molecule has 4 nitrogen and oxygen atoms in total. The van der Waals surface area contributed by atoms with Gasteiger partial charge in [0.15, 0.2) is 0 Å². The van der Waals surface area contributed by atoms with E-state index in [4.69, 9.17) is 4.74 Å². The molecular weight excluding hydrogens is 269 g/mol. The van der Waals surface area contributed by atoms with Crippen LogP contribution in [0.2, 0.25) is 0 Å². The van der Waals surface area contributed by atoms with Crippen molar-refractivity contribution in [2.75, 3.05) is 0 Å². The van der Waals surface area contributed by atoms with Crippen molar-refractivity contribution in [2.24, 2.45) is 0 Å². The molecule has 2 aromatic rings. The summed E-state index contributed by atoms with van der Waals surface area (Å²) in [6.45, 7) is 8.71. The normalized spacial score (nSPS) is 11.5. The van der Waals surface area contributed by atoms with Gasteiger partial charge in [-0.15, -0.1) is 0 Å². The van der Waals surface area contributed by atoms with Gasteiger partial charge in [-0.25, -0.2) is 9.37 Å². The SMILES string of the molecule is Cc1cc(F)ccc1Oc1cnc(CNC(C)(C)C)cn1. The van der Waals surface area contributed by atoms with Crippen LogP contribution >= 0.6 is 0 Å². The van der Waals surface area contributed by atoms with Crippen molar-refractivity contribution in [2.45, 2.75) is 39.8 Å². The number of aromatic nitrogens is 2. The van der Waals surface area contributed by atoms with Gasteiger partial charge in [0, 0.05) is 12.1 Å². The monoisotopic (exact) mass is 289 g/mol. The molecule has 1 heterocycles. The first-order valence-electron chi connectivity index (χ1n) is 6.83. The van der Waals surface area contributed by atoms with Crippen molar-refractivity contribution in [1.29, 1.82) is 0 Å². The van der Waals surface area contributed by atoms with Crippen LogP contribution in [-0.2, 0) is 6.54 Å². The number of hydrogen-bond donors (Lipinski definition) is 1. The van der Waals surface area contributed by atoms with Gasteiger partial charge in [-0.05, 0) is 51.5 Å². The zero-order chi connectivity index (χ0) is 15.5. The van der Waals surface area contributed by atoms with Crippen molar-refractivity contribution >= 4 is 0 Å². The first-order valence-corrected chi connectivity index (χ1v) is 6.83. The molecule has 0 fully saturated rings. The number of aryl methyl sites for hydroxylation is 1. The highest BCUT2D eigenvalue weighted by Crippen LogP contribution is 2.23. The van der Waals surface area contributed by atoms with Gasteiger partial charge >= 0.3 is 0 Å². The van der Waals surface area contributed by atoms with Crippen LogP contribution in [0.1, 0.15) is 32.0 Å². The summed E-state index contributed by atoms with van der Waals surface area (Å²) in [5, 5.41) is 3.34. The molecule has 0 atom stereocenters. The molecule has 0 radical (unpaired) electrons. The molecule has 0 aliphatic carbocycles. The molecule has 21 heavy (non-hydrogen) atoms. The summed E-state index contributed by atoms with van der Waals surface area (Å²) in [6, 6.07) is 4.36. The van der Waals surface area contributed by atoms with Crippen molar-refractivity contribution in [3.63, 3.8) is 0 Å². The Labute approximate surface area is 124 Å². The summed E-state index contributed by atoms with van der Waals surface area (Å²) >= 11 is 0. The van der Waals surface area contributed by atoms with Crippen LogP contribution in [-0.4, -0.2) is 15.5 Å². The minimum absolute atomic E-state index is 0.0298. The lowest BCUT2D eigenvalue weighted by Crippen LogP contribution is -2.35. The van der Waals surface area contributed by atoms with Crippen molar-refractivity contribution < 1.29 is 9.13 Å². The fraction of sp³-hybridized carbons (Fsp3) is 0.375. The predicted octanol–water partition coefficient (Wildman–Crippen LogP) is 3.60. The number of nitrogens with one attached hydrogen (secondary N) is 1. The number of benzene rings is 1. The maximum Gasteiger partial charge on any atom is 0.237 e. The zero-order valence-electron chi connectivity index (χ0n) is 12.8. The van der Waals surface area contributed by atoms with Crippen LogP contribution in [0.4, 0.5) is 4.39 Å². The molecule has 0 amide bonds. The largest absolute Gasteiger partial charge is 0.437 e. The first-order chi connectivity index (χ1) is 9.83.